The Morgan fingerprint density at radius 1 is 1.44 bits per heavy atom. The molecule has 4 heteroatoms. The molecule has 0 spiro atoms. The fourth-order valence-electron chi connectivity index (χ4n) is 1.28. The number of rotatable bonds is 4. The number of benzene rings is 1. The van der Waals surface area contributed by atoms with Gasteiger partial charge in [-0.05, 0) is 56.0 Å². The van der Waals surface area contributed by atoms with Crippen LogP contribution in [0.2, 0.25) is 0 Å². The van der Waals surface area contributed by atoms with Crippen molar-refractivity contribution in [3.63, 3.8) is 0 Å². The van der Waals surface area contributed by atoms with E-state index >= 15 is 0 Å². The summed E-state index contributed by atoms with van der Waals surface area (Å²) in [6.07, 6.45) is 6.26. The summed E-state index contributed by atoms with van der Waals surface area (Å²) in [5, 5.41) is 12.8. The number of hydrogen-bond donors (Lipinski definition) is 2. The number of phenols is 1. The minimum atomic E-state index is 0.0892. The van der Waals surface area contributed by atoms with Crippen LogP contribution in [0.5, 0.6) is 5.75 Å². The molecule has 86 valence electrons. The Labute approximate surface area is 113 Å². The molecule has 1 aromatic rings. The van der Waals surface area contributed by atoms with E-state index in [1.54, 1.807) is 0 Å². The Hall–Kier alpha value is -0.500. The molecule has 0 bridgehead atoms. The second kappa shape index (κ2) is 6.29. The summed E-state index contributed by atoms with van der Waals surface area (Å²) >= 11 is 6.58. The van der Waals surface area contributed by atoms with Gasteiger partial charge in [-0.15, -0.1) is 6.42 Å². The lowest BCUT2D eigenvalue weighted by Gasteiger charge is -2.11. The lowest BCUT2D eigenvalue weighted by Crippen LogP contribution is -2.26. The van der Waals surface area contributed by atoms with Crippen molar-refractivity contribution in [2.45, 2.75) is 25.9 Å². The molecule has 0 aliphatic carbocycles. The third-order valence-corrected chi connectivity index (χ3v) is 3.45. The van der Waals surface area contributed by atoms with Gasteiger partial charge in [0.2, 0.25) is 0 Å². The van der Waals surface area contributed by atoms with Gasteiger partial charge in [0.15, 0.2) is 0 Å². The average molecular weight is 347 g/mol. The topological polar surface area (TPSA) is 32.3 Å². The van der Waals surface area contributed by atoms with Crippen molar-refractivity contribution in [2.75, 3.05) is 0 Å². The minimum Gasteiger partial charge on any atom is -0.506 e. The van der Waals surface area contributed by atoms with Crippen LogP contribution in [0, 0.1) is 12.3 Å². The van der Waals surface area contributed by atoms with Gasteiger partial charge in [0.05, 0.1) is 15.0 Å². The SMILES string of the molecule is C#CC(CC)NCc1cc(Br)c(O)c(Br)c1. The Kier molecular flexibility index (Phi) is 5.33. The van der Waals surface area contributed by atoms with Gasteiger partial charge in [-0.25, -0.2) is 0 Å². The molecule has 0 heterocycles. The Balaban J connectivity index is 2.72. The largest absolute Gasteiger partial charge is 0.506 e. The summed E-state index contributed by atoms with van der Waals surface area (Å²) in [5.74, 6) is 2.89. The Bertz CT molecular complexity index is 389. The van der Waals surface area contributed by atoms with Crippen LogP contribution in [0.1, 0.15) is 18.9 Å². The van der Waals surface area contributed by atoms with E-state index in [9.17, 15) is 5.11 Å². The molecular weight excluding hydrogens is 334 g/mol. The first-order valence-corrected chi connectivity index (χ1v) is 6.53. The molecule has 0 saturated carbocycles. The highest BCUT2D eigenvalue weighted by Crippen LogP contribution is 2.33. The zero-order chi connectivity index (χ0) is 12.1. The van der Waals surface area contributed by atoms with Crippen molar-refractivity contribution < 1.29 is 5.11 Å². The summed E-state index contributed by atoms with van der Waals surface area (Å²) in [4.78, 5) is 0. The van der Waals surface area contributed by atoms with Crippen LogP contribution >= 0.6 is 31.9 Å². The molecule has 1 rings (SSSR count). The molecule has 1 unspecified atom stereocenters. The maximum atomic E-state index is 9.55. The molecule has 0 fully saturated rings. The molecule has 16 heavy (non-hydrogen) atoms. The second-order valence-corrected chi connectivity index (χ2v) is 5.13. The first-order chi connectivity index (χ1) is 7.58. The van der Waals surface area contributed by atoms with Gasteiger partial charge in [0, 0.05) is 6.54 Å². The summed E-state index contributed by atoms with van der Waals surface area (Å²) in [6.45, 7) is 2.72. The third-order valence-electron chi connectivity index (χ3n) is 2.24. The highest BCUT2D eigenvalue weighted by Gasteiger charge is 2.07. The monoisotopic (exact) mass is 345 g/mol. The van der Waals surface area contributed by atoms with Crippen LogP contribution < -0.4 is 5.32 Å². The number of phenolic OH excluding ortho intramolecular Hbond substituents is 1. The van der Waals surface area contributed by atoms with E-state index in [0.717, 1.165) is 12.0 Å². The molecular formula is C12H13Br2NO. The molecule has 1 aromatic carbocycles. The summed E-state index contributed by atoms with van der Waals surface area (Å²) in [5.41, 5.74) is 1.06. The van der Waals surface area contributed by atoms with Crippen molar-refractivity contribution in [1.29, 1.82) is 0 Å². The smallest absolute Gasteiger partial charge is 0.143 e. The summed E-state index contributed by atoms with van der Waals surface area (Å²) < 4.78 is 1.35. The fourth-order valence-corrected chi connectivity index (χ4v) is 2.56. The number of hydrogen-bond acceptors (Lipinski definition) is 2. The number of halogens is 2. The van der Waals surface area contributed by atoms with Gasteiger partial charge in [-0.1, -0.05) is 12.8 Å². The van der Waals surface area contributed by atoms with Gasteiger partial charge in [0.25, 0.3) is 0 Å². The first-order valence-electron chi connectivity index (χ1n) is 4.94. The molecule has 0 radical (unpaired) electrons. The van der Waals surface area contributed by atoms with Crippen molar-refractivity contribution in [3.8, 4) is 18.1 Å². The molecule has 2 N–H and O–H groups in total. The zero-order valence-corrected chi connectivity index (χ0v) is 12.1. The van der Waals surface area contributed by atoms with Gasteiger partial charge >= 0.3 is 0 Å². The van der Waals surface area contributed by atoms with E-state index in [4.69, 9.17) is 6.42 Å². The van der Waals surface area contributed by atoms with Gasteiger partial charge < -0.3 is 5.11 Å². The van der Waals surface area contributed by atoms with E-state index in [1.165, 1.54) is 0 Å². The zero-order valence-electron chi connectivity index (χ0n) is 8.93. The molecule has 0 aliphatic rings. The number of aromatic hydroxyl groups is 1. The number of nitrogens with one attached hydrogen (secondary N) is 1. The fraction of sp³-hybridized carbons (Fsp3) is 0.333. The van der Waals surface area contributed by atoms with Gasteiger partial charge in [-0.3, -0.25) is 5.32 Å². The normalized spacial score (nSPS) is 12.1. The van der Waals surface area contributed by atoms with E-state index in [0.29, 0.717) is 15.5 Å². The lowest BCUT2D eigenvalue weighted by molar-refractivity contribution is 0.468. The van der Waals surface area contributed by atoms with Crippen LogP contribution in [-0.4, -0.2) is 11.1 Å². The minimum absolute atomic E-state index is 0.0892. The summed E-state index contributed by atoms with van der Waals surface area (Å²) in [7, 11) is 0. The average Bonchev–Trinajstić information content (AvgIpc) is 2.27. The molecule has 2 nitrogen and oxygen atoms in total. The second-order valence-electron chi connectivity index (χ2n) is 3.42. The maximum Gasteiger partial charge on any atom is 0.143 e. The molecule has 0 aliphatic heterocycles. The van der Waals surface area contributed by atoms with Gasteiger partial charge in [-0.2, -0.15) is 0 Å². The predicted molar refractivity (Wildman–Crippen MR) is 73.3 cm³/mol. The van der Waals surface area contributed by atoms with Gasteiger partial charge in [0.1, 0.15) is 5.75 Å². The molecule has 0 saturated heterocycles. The van der Waals surface area contributed by atoms with Crippen LogP contribution in [-0.2, 0) is 6.54 Å². The third kappa shape index (κ3) is 3.51. The molecule has 0 aromatic heterocycles. The van der Waals surface area contributed by atoms with E-state index < -0.39 is 0 Å². The lowest BCUT2D eigenvalue weighted by atomic mass is 10.2. The van der Waals surface area contributed by atoms with Crippen LogP contribution in [0.15, 0.2) is 21.1 Å². The van der Waals surface area contributed by atoms with Crippen molar-refractivity contribution >= 4 is 31.9 Å². The summed E-state index contributed by atoms with van der Waals surface area (Å²) in [6, 6.07) is 3.83. The molecule has 0 amide bonds. The van der Waals surface area contributed by atoms with E-state index in [-0.39, 0.29) is 11.8 Å². The Morgan fingerprint density at radius 3 is 2.44 bits per heavy atom. The van der Waals surface area contributed by atoms with Crippen molar-refractivity contribution in [3.05, 3.63) is 26.6 Å². The van der Waals surface area contributed by atoms with Crippen LogP contribution in [0.25, 0.3) is 0 Å². The van der Waals surface area contributed by atoms with Crippen molar-refractivity contribution in [2.24, 2.45) is 0 Å². The standard InChI is InChI=1S/C12H13Br2NO/c1-3-9(4-2)15-7-8-5-10(13)12(16)11(14)6-8/h1,5-6,9,15-16H,4,7H2,2H3. The van der Waals surface area contributed by atoms with E-state index in [1.807, 2.05) is 19.1 Å². The maximum absolute atomic E-state index is 9.55. The quantitative estimate of drug-likeness (QED) is 0.819. The van der Waals surface area contributed by atoms with Crippen LogP contribution in [0.3, 0.4) is 0 Å². The predicted octanol–water partition coefficient (Wildman–Crippen LogP) is 3.42. The van der Waals surface area contributed by atoms with E-state index in [2.05, 4.69) is 43.1 Å². The van der Waals surface area contributed by atoms with Crippen LogP contribution in [0.4, 0.5) is 0 Å². The number of terminal acetylenes is 1. The van der Waals surface area contributed by atoms with Crippen molar-refractivity contribution in [1.82, 2.24) is 5.32 Å². The molecule has 1 atom stereocenters. The Morgan fingerprint density at radius 2 is 2.00 bits per heavy atom. The first kappa shape index (κ1) is 13.6. The highest BCUT2D eigenvalue weighted by atomic mass is 79.9. The highest BCUT2D eigenvalue weighted by molar-refractivity contribution is 9.11.